The summed E-state index contributed by atoms with van der Waals surface area (Å²) in [5.74, 6) is 0.0277. The molecule has 84 valence electrons. The molecule has 0 aromatic rings. The molecule has 14 heavy (non-hydrogen) atoms. The van der Waals surface area contributed by atoms with Crippen LogP contribution in [0.4, 0.5) is 13.3 Å². The summed E-state index contributed by atoms with van der Waals surface area (Å²) in [6.07, 6.45) is 0.457. The Labute approximate surface area is 82.0 Å². The second-order valence-corrected chi connectivity index (χ2v) is 4.26. The highest BCUT2D eigenvalue weighted by molar-refractivity contribution is 4.92. The molecule has 0 aromatic carbocycles. The van der Waals surface area contributed by atoms with Gasteiger partial charge in [0.1, 0.15) is 0 Å². The highest BCUT2D eigenvalue weighted by Crippen LogP contribution is 2.35. The first-order valence-electron chi connectivity index (χ1n) is 4.73. The number of alkyl halides is 2. The monoisotopic (exact) mass is 211 g/mol. The largest absolute Gasteiger partial charge is 0.345 e. The first-order chi connectivity index (χ1) is 6.35. The average Bonchev–Trinajstić information content (AvgIpc) is 1.98. The lowest BCUT2D eigenvalue weighted by Gasteiger charge is -2.44. The van der Waals surface area contributed by atoms with Crippen LogP contribution in [0.15, 0.2) is 0 Å². The molecule has 0 spiro atoms. The lowest BCUT2D eigenvalue weighted by atomic mass is 9.83. The average molecular weight is 211 g/mol. The number of halogens is 3. The van der Waals surface area contributed by atoms with Crippen molar-refractivity contribution in [1.82, 2.24) is 5.12 Å². The van der Waals surface area contributed by atoms with Gasteiger partial charge in [-0.05, 0) is 26.2 Å². The molecule has 1 aliphatic heterocycles. The molecule has 0 N–H and O–H groups in total. The fourth-order valence-corrected chi connectivity index (χ4v) is 2.03. The molecule has 3 unspecified atom stereocenters. The number of rotatable bonds is 2. The van der Waals surface area contributed by atoms with Crippen LogP contribution < -0.4 is 0 Å². The Morgan fingerprint density at radius 3 is 2.50 bits per heavy atom. The van der Waals surface area contributed by atoms with Gasteiger partial charge in [0, 0.05) is 6.54 Å². The predicted octanol–water partition coefficient (Wildman–Crippen LogP) is 2.60. The third-order valence-electron chi connectivity index (χ3n) is 2.90. The normalized spacial score (nSPS) is 40.5. The molecule has 1 rings (SSSR count). The van der Waals surface area contributed by atoms with Crippen LogP contribution in [0.5, 0.6) is 0 Å². The van der Waals surface area contributed by atoms with Crippen LogP contribution in [-0.4, -0.2) is 29.9 Å². The Balaban J connectivity index is 2.72. The second kappa shape index (κ2) is 4.06. The number of hydrogen-bond donors (Lipinski definition) is 0. The number of nitrogens with zero attached hydrogens (tertiary/aromatic N) is 1. The molecule has 1 fully saturated rings. The molecule has 0 bridgehead atoms. The molecule has 2 nitrogen and oxygen atoms in total. The van der Waals surface area contributed by atoms with Crippen molar-refractivity contribution in [2.45, 2.75) is 45.4 Å². The zero-order valence-electron chi connectivity index (χ0n) is 8.64. The smallest absolute Gasteiger partial charge is 0.315 e. The van der Waals surface area contributed by atoms with Crippen molar-refractivity contribution in [2.24, 2.45) is 5.92 Å². The topological polar surface area (TPSA) is 12.5 Å². The summed E-state index contributed by atoms with van der Waals surface area (Å²) in [6, 6.07) is -0.632. The van der Waals surface area contributed by atoms with E-state index < -0.39 is 18.3 Å². The Bertz CT molecular complexity index is 198. The molecule has 5 heteroatoms. The van der Waals surface area contributed by atoms with Crippen LogP contribution >= 0.6 is 0 Å². The molecule has 1 aliphatic rings. The molecule has 0 amide bonds. The van der Waals surface area contributed by atoms with Crippen LogP contribution in [0.1, 0.15) is 27.2 Å². The quantitative estimate of drug-likeness (QED) is 0.651. The van der Waals surface area contributed by atoms with Gasteiger partial charge >= 0.3 is 6.61 Å². The fraction of sp³-hybridized carbons (Fsp3) is 1.00. The van der Waals surface area contributed by atoms with Crippen molar-refractivity contribution in [1.29, 1.82) is 0 Å². The van der Waals surface area contributed by atoms with Gasteiger partial charge in [-0.1, -0.05) is 6.92 Å². The van der Waals surface area contributed by atoms with E-state index in [4.69, 9.17) is 0 Å². The van der Waals surface area contributed by atoms with E-state index in [2.05, 4.69) is 4.74 Å². The van der Waals surface area contributed by atoms with Crippen molar-refractivity contribution in [3.8, 4) is 0 Å². The van der Waals surface area contributed by atoms with E-state index in [1.165, 1.54) is 6.92 Å². The fourth-order valence-electron chi connectivity index (χ4n) is 2.03. The molecule has 0 aliphatic carbocycles. The van der Waals surface area contributed by atoms with Gasteiger partial charge in [0.2, 0.25) is 0 Å². The first kappa shape index (κ1) is 11.8. The van der Waals surface area contributed by atoms with E-state index >= 15 is 0 Å². The van der Waals surface area contributed by atoms with Crippen LogP contribution in [-0.2, 0) is 4.74 Å². The minimum Gasteiger partial charge on any atom is -0.315 e. The van der Waals surface area contributed by atoms with Crippen molar-refractivity contribution >= 4 is 0 Å². The summed E-state index contributed by atoms with van der Waals surface area (Å²) in [7, 11) is 0. The molecule has 0 saturated carbocycles. The molecule has 3 atom stereocenters. The van der Waals surface area contributed by atoms with Gasteiger partial charge in [0.15, 0.2) is 0 Å². The van der Waals surface area contributed by atoms with Gasteiger partial charge in [-0.25, -0.2) is 0 Å². The van der Waals surface area contributed by atoms with E-state index in [-0.39, 0.29) is 12.5 Å². The summed E-state index contributed by atoms with van der Waals surface area (Å²) in [4.78, 5) is 0. The standard InChI is InChI=1S/C9H16F3NO/c1-6-4-9(3,14-8(10)11)7(2)13(12)5-6/h6-8H,4-5H2,1-3H3. The van der Waals surface area contributed by atoms with Crippen molar-refractivity contribution < 1.29 is 18.0 Å². The molecular formula is C9H16F3NO. The van der Waals surface area contributed by atoms with Gasteiger partial charge < -0.3 is 4.74 Å². The summed E-state index contributed by atoms with van der Waals surface area (Å²) in [5.41, 5.74) is -1.10. The van der Waals surface area contributed by atoms with E-state index in [1.54, 1.807) is 6.92 Å². The van der Waals surface area contributed by atoms with E-state index in [0.717, 1.165) is 0 Å². The summed E-state index contributed by atoms with van der Waals surface area (Å²) in [5, 5.41) is 0.580. The van der Waals surface area contributed by atoms with Crippen molar-refractivity contribution in [3.05, 3.63) is 0 Å². The number of piperidine rings is 1. The van der Waals surface area contributed by atoms with Crippen LogP contribution in [0, 0.1) is 5.92 Å². The first-order valence-corrected chi connectivity index (χ1v) is 4.73. The van der Waals surface area contributed by atoms with Crippen molar-refractivity contribution in [3.63, 3.8) is 0 Å². The molecule has 0 radical (unpaired) electrons. The van der Waals surface area contributed by atoms with Gasteiger partial charge in [0.25, 0.3) is 0 Å². The zero-order chi connectivity index (χ0) is 10.9. The summed E-state index contributed by atoms with van der Waals surface area (Å²) < 4.78 is 42.1. The second-order valence-electron chi connectivity index (χ2n) is 4.26. The van der Waals surface area contributed by atoms with Crippen LogP contribution in [0.25, 0.3) is 0 Å². The van der Waals surface area contributed by atoms with Gasteiger partial charge in [0.05, 0.1) is 11.6 Å². The predicted molar refractivity (Wildman–Crippen MR) is 46.6 cm³/mol. The van der Waals surface area contributed by atoms with Gasteiger partial charge in [-0.2, -0.15) is 8.78 Å². The minimum absolute atomic E-state index is 0.0277. The summed E-state index contributed by atoms with van der Waals surface area (Å²) in [6.45, 7) is 2.36. The number of ether oxygens (including phenoxy) is 1. The highest BCUT2D eigenvalue weighted by Gasteiger charge is 2.44. The SMILES string of the molecule is CC1CN(F)C(C)C(C)(OC(F)F)C1. The van der Waals surface area contributed by atoms with Crippen molar-refractivity contribution in [2.75, 3.05) is 6.54 Å². The van der Waals surface area contributed by atoms with Gasteiger partial charge in [-0.3, -0.25) is 0 Å². The lowest BCUT2D eigenvalue weighted by Crippen LogP contribution is -2.55. The zero-order valence-corrected chi connectivity index (χ0v) is 8.64. The van der Waals surface area contributed by atoms with Crippen LogP contribution in [0.3, 0.4) is 0 Å². The molecule has 0 aromatic heterocycles. The third-order valence-corrected chi connectivity index (χ3v) is 2.90. The Hall–Kier alpha value is -0.290. The van der Waals surface area contributed by atoms with E-state index in [0.29, 0.717) is 11.5 Å². The lowest BCUT2D eigenvalue weighted by molar-refractivity contribution is -0.257. The Morgan fingerprint density at radius 1 is 1.43 bits per heavy atom. The maximum Gasteiger partial charge on any atom is 0.345 e. The Morgan fingerprint density at radius 2 is 2.00 bits per heavy atom. The van der Waals surface area contributed by atoms with E-state index in [9.17, 15) is 13.3 Å². The third kappa shape index (κ3) is 2.39. The molecule has 1 heterocycles. The molecular weight excluding hydrogens is 195 g/mol. The van der Waals surface area contributed by atoms with Crippen LogP contribution in [0.2, 0.25) is 0 Å². The highest BCUT2D eigenvalue weighted by atomic mass is 19.3. The maximum atomic E-state index is 13.3. The maximum absolute atomic E-state index is 13.3. The minimum atomic E-state index is -2.85. The molecule has 1 saturated heterocycles. The summed E-state index contributed by atoms with van der Waals surface area (Å²) >= 11 is 0. The Kier molecular flexibility index (Phi) is 3.42. The van der Waals surface area contributed by atoms with E-state index in [1.807, 2.05) is 6.92 Å². The number of hydrogen-bond acceptors (Lipinski definition) is 2. The van der Waals surface area contributed by atoms with Gasteiger partial charge in [-0.15, -0.1) is 9.60 Å².